The van der Waals surface area contributed by atoms with Crippen LogP contribution in [0.5, 0.6) is 0 Å². The predicted molar refractivity (Wildman–Crippen MR) is 89.9 cm³/mol. The second-order valence-corrected chi connectivity index (χ2v) is 6.82. The van der Waals surface area contributed by atoms with E-state index in [4.69, 9.17) is 0 Å². The van der Waals surface area contributed by atoms with Crippen molar-refractivity contribution in [2.24, 2.45) is 11.8 Å². The molecule has 1 atom stereocenters. The van der Waals surface area contributed by atoms with Crippen LogP contribution in [0.25, 0.3) is 0 Å². The van der Waals surface area contributed by atoms with Crippen LogP contribution >= 0.6 is 0 Å². The van der Waals surface area contributed by atoms with Gasteiger partial charge in [0.25, 0.3) is 0 Å². The standard InChI is InChI=1S/C18H33NO4/c1-4-5-6-15-7-9-16(10-8-15)18(22)19(13-14(2)20)12-11-17(21)23-3/h14-16,20H,4-13H2,1-3H3. The number of nitrogens with zero attached hydrogens (tertiary/aromatic N) is 1. The second-order valence-electron chi connectivity index (χ2n) is 6.82. The number of carbonyl (C=O) groups is 2. The van der Waals surface area contributed by atoms with Crippen molar-refractivity contribution in [3.8, 4) is 0 Å². The lowest BCUT2D eigenvalue weighted by atomic mass is 9.79. The Labute approximate surface area is 140 Å². The molecule has 0 aromatic rings. The number of aliphatic hydroxyl groups is 1. The van der Waals surface area contributed by atoms with Crippen LogP contribution in [0.15, 0.2) is 0 Å². The zero-order valence-corrected chi connectivity index (χ0v) is 14.9. The van der Waals surface area contributed by atoms with Gasteiger partial charge in [0.05, 0.1) is 19.6 Å². The van der Waals surface area contributed by atoms with E-state index in [1.165, 1.54) is 26.4 Å². The maximum Gasteiger partial charge on any atom is 0.307 e. The molecule has 0 aromatic carbocycles. The third kappa shape index (κ3) is 7.34. The van der Waals surface area contributed by atoms with Gasteiger partial charge in [-0.25, -0.2) is 0 Å². The van der Waals surface area contributed by atoms with Crippen LogP contribution in [-0.2, 0) is 14.3 Å². The average molecular weight is 327 g/mol. The highest BCUT2D eigenvalue weighted by atomic mass is 16.5. The summed E-state index contributed by atoms with van der Waals surface area (Å²) in [4.78, 5) is 25.7. The largest absolute Gasteiger partial charge is 0.469 e. The molecule has 5 nitrogen and oxygen atoms in total. The molecule has 0 aliphatic heterocycles. The van der Waals surface area contributed by atoms with E-state index in [-0.39, 0.29) is 30.8 Å². The van der Waals surface area contributed by atoms with E-state index in [9.17, 15) is 14.7 Å². The molecule has 0 bridgehead atoms. The van der Waals surface area contributed by atoms with E-state index >= 15 is 0 Å². The monoisotopic (exact) mass is 327 g/mol. The van der Waals surface area contributed by atoms with E-state index in [0.717, 1.165) is 31.6 Å². The van der Waals surface area contributed by atoms with Gasteiger partial charge in [0.2, 0.25) is 5.91 Å². The summed E-state index contributed by atoms with van der Waals surface area (Å²) in [6.07, 6.45) is 7.48. The molecule has 0 saturated heterocycles. The summed E-state index contributed by atoms with van der Waals surface area (Å²) in [5.74, 6) is 0.573. The third-order valence-electron chi connectivity index (χ3n) is 4.77. The van der Waals surface area contributed by atoms with Gasteiger partial charge in [-0.1, -0.05) is 26.2 Å². The van der Waals surface area contributed by atoms with Crippen molar-refractivity contribution in [2.75, 3.05) is 20.2 Å². The van der Waals surface area contributed by atoms with Crippen LogP contribution < -0.4 is 0 Å². The van der Waals surface area contributed by atoms with Crippen molar-refractivity contribution in [3.63, 3.8) is 0 Å². The zero-order chi connectivity index (χ0) is 17.2. The lowest BCUT2D eigenvalue weighted by molar-refractivity contribution is -0.143. The summed E-state index contributed by atoms with van der Waals surface area (Å²) in [7, 11) is 1.35. The van der Waals surface area contributed by atoms with Crippen LogP contribution in [0.3, 0.4) is 0 Å². The number of methoxy groups -OCH3 is 1. The van der Waals surface area contributed by atoms with Gasteiger partial charge in [-0.2, -0.15) is 0 Å². The minimum Gasteiger partial charge on any atom is -0.469 e. The Hall–Kier alpha value is -1.10. The van der Waals surface area contributed by atoms with Gasteiger partial charge in [0.15, 0.2) is 0 Å². The summed E-state index contributed by atoms with van der Waals surface area (Å²) in [6, 6.07) is 0. The summed E-state index contributed by atoms with van der Waals surface area (Å²) in [5, 5.41) is 9.62. The van der Waals surface area contributed by atoms with Crippen LogP contribution in [-0.4, -0.2) is 48.2 Å². The first-order valence-corrected chi connectivity index (χ1v) is 9.01. The number of hydrogen-bond acceptors (Lipinski definition) is 4. The lowest BCUT2D eigenvalue weighted by Crippen LogP contribution is -2.42. The topological polar surface area (TPSA) is 66.8 Å². The Morgan fingerprint density at radius 3 is 2.43 bits per heavy atom. The lowest BCUT2D eigenvalue weighted by Gasteiger charge is -2.32. The number of amides is 1. The summed E-state index contributed by atoms with van der Waals surface area (Å²) in [5.41, 5.74) is 0. The highest BCUT2D eigenvalue weighted by molar-refractivity contribution is 5.79. The fraction of sp³-hybridized carbons (Fsp3) is 0.889. The van der Waals surface area contributed by atoms with Crippen molar-refractivity contribution in [1.82, 2.24) is 4.90 Å². The van der Waals surface area contributed by atoms with Crippen molar-refractivity contribution in [2.45, 2.75) is 71.3 Å². The number of carbonyl (C=O) groups excluding carboxylic acids is 2. The van der Waals surface area contributed by atoms with Crippen LogP contribution in [0.2, 0.25) is 0 Å². The fourth-order valence-electron chi connectivity index (χ4n) is 3.39. The number of rotatable bonds is 9. The highest BCUT2D eigenvalue weighted by Gasteiger charge is 2.29. The molecule has 0 heterocycles. The molecular formula is C18H33NO4. The Kier molecular flexibility index (Phi) is 9.22. The van der Waals surface area contributed by atoms with Gasteiger partial charge in [-0.05, 0) is 38.5 Å². The minimum absolute atomic E-state index is 0.0456. The molecule has 1 fully saturated rings. The quantitative estimate of drug-likeness (QED) is 0.661. The maximum atomic E-state index is 12.7. The molecule has 1 rings (SSSR count). The van der Waals surface area contributed by atoms with Gasteiger partial charge in [-0.15, -0.1) is 0 Å². The molecule has 0 spiro atoms. The fourth-order valence-corrected chi connectivity index (χ4v) is 3.39. The van der Waals surface area contributed by atoms with Gasteiger partial charge in [0.1, 0.15) is 0 Å². The summed E-state index contributed by atoms with van der Waals surface area (Å²) in [6.45, 7) is 4.49. The molecule has 1 saturated carbocycles. The Morgan fingerprint density at radius 2 is 1.91 bits per heavy atom. The number of hydrogen-bond donors (Lipinski definition) is 1. The van der Waals surface area contributed by atoms with Crippen LogP contribution in [0, 0.1) is 11.8 Å². The maximum absolute atomic E-state index is 12.7. The van der Waals surface area contributed by atoms with E-state index in [1.807, 2.05) is 0 Å². The smallest absolute Gasteiger partial charge is 0.307 e. The molecule has 0 radical (unpaired) electrons. The van der Waals surface area contributed by atoms with Crippen LogP contribution in [0.4, 0.5) is 0 Å². The molecule has 1 unspecified atom stereocenters. The van der Waals surface area contributed by atoms with Gasteiger partial charge < -0.3 is 14.7 Å². The van der Waals surface area contributed by atoms with E-state index in [1.54, 1.807) is 11.8 Å². The van der Waals surface area contributed by atoms with Gasteiger partial charge in [0, 0.05) is 19.0 Å². The number of esters is 1. The molecular weight excluding hydrogens is 294 g/mol. The molecule has 23 heavy (non-hydrogen) atoms. The van der Waals surface area contributed by atoms with E-state index < -0.39 is 6.10 Å². The Bertz CT molecular complexity index is 362. The Morgan fingerprint density at radius 1 is 1.26 bits per heavy atom. The van der Waals surface area contributed by atoms with E-state index in [0.29, 0.717) is 6.54 Å². The average Bonchev–Trinajstić information content (AvgIpc) is 2.55. The van der Waals surface area contributed by atoms with Crippen molar-refractivity contribution in [1.29, 1.82) is 0 Å². The first kappa shape index (κ1) is 19.9. The molecule has 1 amide bonds. The first-order valence-electron chi connectivity index (χ1n) is 9.01. The molecule has 5 heteroatoms. The Balaban J connectivity index is 2.51. The van der Waals surface area contributed by atoms with E-state index in [2.05, 4.69) is 11.7 Å². The SMILES string of the molecule is CCCCC1CCC(C(=O)N(CCC(=O)OC)CC(C)O)CC1. The number of unbranched alkanes of at least 4 members (excludes halogenated alkanes) is 1. The molecule has 1 aliphatic carbocycles. The predicted octanol–water partition coefficient (Wildman–Crippen LogP) is 2.76. The van der Waals surface area contributed by atoms with Crippen molar-refractivity contribution < 1.29 is 19.4 Å². The van der Waals surface area contributed by atoms with Gasteiger partial charge >= 0.3 is 5.97 Å². The van der Waals surface area contributed by atoms with Crippen LogP contribution in [0.1, 0.15) is 65.2 Å². The molecule has 1 aliphatic rings. The minimum atomic E-state index is -0.586. The highest BCUT2D eigenvalue weighted by Crippen LogP contribution is 2.33. The van der Waals surface area contributed by atoms with Crippen molar-refractivity contribution in [3.05, 3.63) is 0 Å². The van der Waals surface area contributed by atoms with Gasteiger partial charge in [-0.3, -0.25) is 9.59 Å². The zero-order valence-electron chi connectivity index (χ0n) is 14.9. The normalized spacial score (nSPS) is 22.4. The van der Waals surface area contributed by atoms with Crippen molar-refractivity contribution >= 4 is 11.9 Å². The molecule has 0 aromatic heterocycles. The molecule has 134 valence electrons. The molecule has 1 N–H and O–H groups in total. The second kappa shape index (κ2) is 10.6. The number of aliphatic hydroxyl groups excluding tert-OH is 1. The third-order valence-corrected chi connectivity index (χ3v) is 4.77. The number of ether oxygens (including phenoxy) is 1. The summed E-state index contributed by atoms with van der Waals surface area (Å²) >= 11 is 0. The first-order chi connectivity index (χ1) is 11.0. The summed E-state index contributed by atoms with van der Waals surface area (Å²) < 4.78 is 4.64.